The molecule has 2 fully saturated rings. The average Bonchev–Trinajstić information content (AvgIpc) is 2.73. The van der Waals surface area contributed by atoms with Crippen molar-refractivity contribution >= 4 is 5.91 Å². The van der Waals surface area contributed by atoms with Crippen LogP contribution in [-0.2, 0) is 4.79 Å². The maximum atomic E-state index is 13.4. The molecule has 3 atom stereocenters. The van der Waals surface area contributed by atoms with Crippen LogP contribution >= 0.6 is 0 Å². The molecule has 6 heteroatoms. The van der Waals surface area contributed by atoms with Crippen LogP contribution in [0.15, 0.2) is 18.2 Å². The first-order chi connectivity index (χ1) is 14.3. The lowest BCUT2D eigenvalue weighted by molar-refractivity contribution is -0.133. The number of nitrogens with zero attached hydrogens (tertiary/aromatic N) is 1. The van der Waals surface area contributed by atoms with Crippen molar-refractivity contribution in [3.8, 4) is 0 Å². The Balaban J connectivity index is 1.79. The zero-order chi connectivity index (χ0) is 21.7. The fourth-order valence-electron chi connectivity index (χ4n) is 5.26. The van der Waals surface area contributed by atoms with Gasteiger partial charge in [0.05, 0.1) is 12.1 Å². The molecule has 1 saturated heterocycles. The summed E-state index contributed by atoms with van der Waals surface area (Å²) in [6, 6.07) is 6.39. The van der Waals surface area contributed by atoms with Crippen LogP contribution in [0, 0.1) is 13.8 Å². The summed E-state index contributed by atoms with van der Waals surface area (Å²) in [4.78, 5) is 15.4. The number of benzene rings is 1. The fourth-order valence-corrected chi connectivity index (χ4v) is 5.26. The van der Waals surface area contributed by atoms with Crippen LogP contribution < -0.4 is 16.0 Å². The molecule has 168 valence electrons. The minimum atomic E-state index is -0.457. The molecule has 1 amide bonds. The number of nitrogens with one attached hydrogen (secondary N) is 3. The normalized spacial score (nSPS) is 25.1. The first-order valence-electron chi connectivity index (χ1n) is 11.5. The number of carbonyl (C=O) groups excluding carboxylic acids is 1. The summed E-state index contributed by atoms with van der Waals surface area (Å²) in [5.41, 5.74) is 3.22. The third kappa shape index (κ3) is 5.05. The Labute approximate surface area is 181 Å². The lowest BCUT2D eigenvalue weighted by atomic mass is 9.85. The van der Waals surface area contributed by atoms with Gasteiger partial charge in [0, 0.05) is 12.6 Å². The van der Waals surface area contributed by atoms with Gasteiger partial charge in [-0.3, -0.25) is 9.69 Å². The molecule has 1 saturated carbocycles. The third-order valence-corrected chi connectivity index (χ3v) is 7.21. The lowest BCUT2D eigenvalue weighted by Gasteiger charge is -2.42. The lowest BCUT2D eigenvalue weighted by Crippen LogP contribution is -2.61. The highest BCUT2D eigenvalue weighted by Crippen LogP contribution is 2.28. The number of hydrogen-bond donors (Lipinski definition) is 4. The summed E-state index contributed by atoms with van der Waals surface area (Å²) in [6.45, 7) is 6.50. The second-order valence-corrected chi connectivity index (χ2v) is 9.37. The first kappa shape index (κ1) is 23.2. The number of aliphatic hydroxyl groups is 1. The van der Waals surface area contributed by atoms with Gasteiger partial charge in [-0.1, -0.05) is 31.0 Å². The summed E-state index contributed by atoms with van der Waals surface area (Å²) in [7, 11) is 4.01. The Bertz CT molecular complexity index is 695. The predicted octanol–water partition coefficient (Wildman–Crippen LogP) is 2.04. The van der Waals surface area contributed by atoms with E-state index in [1.54, 1.807) is 0 Å². The van der Waals surface area contributed by atoms with Gasteiger partial charge >= 0.3 is 0 Å². The average molecular weight is 417 g/mol. The quantitative estimate of drug-likeness (QED) is 0.547. The van der Waals surface area contributed by atoms with Crippen molar-refractivity contribution < 1.29 is 9.90 Å². The monoisotopic (exact) mass is 416 g/mol. The van der Waals surface area contributed by atoms with E-state index >= 15 is 0 Å². The maximum Gasteiger partial charge on any atom is 0.240 e. The molecule has 1 aromatic carbocycles. The standard InChI is InChI=1S/C24H40N4O2/c1-17-8-7-9-18(2)22(17)20(27-19-10-5-6-11-21(19)29)16-26-23(30)24(28(3)4)12-14-25-15-13-24/h7-9,19-21,25,27,29H,5-6,10-16H2,1-4H3,(H,26,30). The third-order valence-electron chi connectivity index (χ3n) is 7.21. The van der Waals surface area contributed by atoms with Crippen LogP contribution in [0.1, 0.15) is 61.3 Å². The van der Waals surface area contributed by atoms with Crippen LogP contribution in [0.3, 0.4) is 0 Å². The molecule has 0 radical (unpaired) electrons. The highest BCUT2D eigenvalue weighted by Gasteiger charge is 2.41. The maximum absolute atomic E-state index is 13.4. The predicted molar refractivity (Wildman–Crippen MR) is 122 cm³/mol. The molecule has 6 nitrogen and oxygen atoms in total. The SMILES string of the molecule is Cc1cccc(C)c1C(CNC(=O)C1(N(C)C)CCNCC1)NC1CCCCC1O. The molecule has 0 aromatic heterocycles. The van der Waals surface area contributed by atoms with Gasteiger partial charge in [0.1, 0.15) is 5.54 Å². The van der Waals surface area contributed by atoms with E-state index < -0.39 is 5.54 Å². The van der Waals surface area contributed by atoms with Gasteiger partial charge in [-0.25, -0.2) is 0 Å². The molecule has 3 rings (SSSR count). The highest BCUT2D eigenvalue weighted by atomic mass is 16.3. The van der Waals surface area contributed by atoms with Crippen molar-refractivity contribution in [2.24, 2.45) is 0 Å². The summed E-state index contributed by atoms with van der Waals surface area (Å²) >= 11 is 0. The summed E-state index contributed by atoms with van der Waals surface area (Å²) in [5.74, 6) is 0.108. The Morgan fingerprint density at radius 2 is 1.83 bits per heavy atom. The van der Waals surface area contributed by atoms with Crippen molar-refractivity contribution in [2.75, 3.05) is 33.7 Å². The molecule has 0 spiro atoms. The number of rotatable bonds is 7. The zero-order valence-electron chi connectivity index (χ0n) is 19.1. The Hall–Kier alpha value is -1.47. The topological polar surface area (TPSA) is 76.6 Å². The molecule has 0 bridgehead atoms. The van der Waals surface area contributed by atoms with Crippen molar-refractivity contribution in [3.05, 3.63) is 34.9 Å². The number of aliphatic hydroxyl groups excluding tert-OH is 1. The van der Waals surface area contributed by atoms with E-state index in [0.717, 1.165) is 51.6 Å². The molecular formula is C24H40N4O2. The molecule has 1 aromatic rings. The van der Waals surface area contributed by atoms with E-state index in [9.17, 15) is 9.90 Å². The van der Waals surface area contributed by atoms with E-state index in [4.69, 9.17) is 0 Å². The van der Waals surface area contributed by atoms with Gasteiger partial charge in [0.15, 0.2) is 0 Å². The molecule has 2 aliphatic rings. The van der Waals surface area contributed by atoms with Crippen LogP contribution in [0.25, 0.3) is 0 Å². The van der Waals surface area contributed by atoms with Crippen LogP contribution in [0.4, 0.5) is 0 Å². The van der Waals surface area contributed by atoms with Gasteiger partial charge in [-0.05, 0) is 83.4 Å². The smallest absolute Gasteiger partial charge is 0.240 e. The van der Waals surface area contributed by atoms with Gasteiger partial charge < -0.3 is 21.1 Å². The van der Waals surface area contributed by atoms with E-state index in [0.29, 0.717) is 6.54 Å². The van der Waals surface area contributed by atoms with Crippen molar-refractivity contribution in [1.82, 2.24) is 20.9 Å². The Kier molecular flexibility index (Phi) is 7.91. The summed E-state index contributed by atoms with van der Waals surface area (Å²) < 4.78 is 0. The van der Waals surface area contributed by atoms with E-state index in [-0.39, 0.29) is 24.1 Å². The first-order valence-corrected chi connectivity index (χ1v) is 11.5. The highest BCUT2D eigenvalue weighted by molar-refractivity contribution is 5.86. The summed E-state index contributed by atoms with van der Waals surface area (Å²) in [6.07, 6.45) is 5.35. The van der Waals surface area contributed by atoms with Crippen LogP contribution in [0.5, 0.6) is 0 Å². The van der Waals surface area contributed by atoms with Gasteiger partial charge in [-0.15, -0.1) is 0 Å². The largest absolute Gasteiger partial charge is 0.392 e. The van der Waals surface area contributed by atoms with Gasteiger partial charge in [0.25, 0.3) is 0 Å². The molecule has 1 heterocycles. The van der Waals surface area contributed by atoms with Crippen molar-refractivity contribution in [3.63, 3.8) is 0 Å². The number of likely N-dealkylation sites (N-methyl/N-ethyl adjacent to an activating group) is 1. The molecule has 1 aliphatic carbocycles. The molecule has 30 heavy (non-hydrogen) atoms. The Morgan fingerprint density at radius 1 is 1.20 bits per heavy atom. The zero-order valence-corrected chi connectivity index (χ0v) is 19.1. The van der Waals surface area contributed by atoms with E-state index in [1.165, 1.54) is 16.7 Å². The second-order valence-electron chi connectivity index (χ2n) is 9.37. The molecule has 3 unspecified atom stereocenters. The van der Waals surface area contributed by atoms with Crippen molar-refractivity contribution in [2.45, 2.75) is 76.1 Å². The molecule has 4 N–H and O–H groups in total. The molecular weight excluding hydrogens is 376 g/mol. The minimum Gasteiger partial charge on any atom is -0.392 e. The number of carbonyl (C=O) groups is 1. The number of aryl methyl sites for hydroxylation is 2. The van der Waals surface area contributed by atoms with Gasteiger partial charge in [0.2, 0.25) is 5.91 Å². The number of amides is 1. The van der Waals surface area contributed by atoms with Crippen LogP contribution in [0.2, 0.25) is 0 Å². The number of hydrogen-bond acceptors (Lipinski definition) is 5. The fraction of sp³-hybridized carbons (Fsp3) is 0.708. The van der Waals surface area contributed by atoms with Gasteiger partial charge in [-0.2, -0.15) is 0 Å². The second kappa shape index (κ2) is 10.2. The molecule has 1 aliphatic heterocycles. The van der Waals surface area contributed by atoms with Crippen LogP contribution in [-0.4, -0.2) is 67.3 Å². The van der Waals surface area contributed by atoms with E-state index in [1.807, 2.05) is 14.1 Å². The minimum absolute atomic E-state index is 0.0196. The van der Waals surface area contributed by atoms with E-state index in [2.05, 4.69) is 52.9 Å². The van der Waals surface area contributed by atoms with Crippen molar-refractivity contribution in [1.29, 1.82) is 0 Å². The Morgan fingerprint density at radius 3 is 2.43 bits per heavy atom. The number of piperidine rings is 1. The summed E-state index contributed by atoms with van der Waals surface area (Å²) in [5, 5.41) is 20.9.